The van der Waals surface area contributed by atoms with E-state index in [4.69, 9.17) is 11.6 Å². The van der Waals surface area contributed by atoms with E-state index in [9.17, 15) is 5.11 Å². The average molecular weight is 319 g/mol. The zero-order valence-corrected chi connectivity index (χ0v) is 13.0. The highest BCUT2D eigenvalue weighted by molar-refractivity contribution is 6.30. The number of benzene rings is 1. The van der Waals surface area contributed by atoms with Crippen LogP contribution in [0.15, 0.2) is 42.7 Å². The first-order valence-electron chi connectivity index (χ1n) is 7.40. The molecule has 1 aliphatic heterocycles. The first kappa shape index (κ1) is 15.2. The van der Waals surface area contributed by atoms with Crippen LogP contribution in [0.1, 0.15) is 11.7 Å². The number of rotatable bonds is 4. The molecule has 22 heavy (non-hydrogen) atoms. The summed E-state index contributed by atoms with van der Waals surface area (Å²) in [5.74, 6) is 0.775. The quantitative estimate of drug-likeness (QED) is 0.934. The summed E-state index contributed by atoms with van der Waals surface area (Å²) < 4.78 is 0. The Balaban J connectivity index is 1.54. The van der Waals surface area contributed by atoms with E-state index in [-0.39, 0.29) is 0 Å². The Morgan fingerprint density at radius 2 is 1.82 bits per heavy atom. The van der Waals surface area contributed by atoms with E-state index in [1.807, 2.05) is 30.3 Å². The van der Waals surface area contributed by atoms with Gasteiger partial charge in [-0.05, 0) is 23.8 Å². The Morgan fingerprint density at radius 1 is 1.09 bits per heavy atom. The number of hydrogen-bond acceptors (Lipinski definition) is 5. The molecule has 1 fully saturated rings. The fourth-order valence-electron chi connectivity index (χ4n) is 2.65. The first-order valence-corrected chi connectivity index (χ1v) is 7.78. The maximum absolute atomic E-state index is 10.3. The van der Waals surface area contributed by atoms with E-state index < -0.39 is 6.10 Å². The third kappa shape index (κ3) is 3.74. The summed E-state index contributed by atoms with van der Waals surface area (Å²) in [6.07, 6.45) is 3.01. The molecule has 2 aromatic rings. The highest BCUT2D eigenvalue weighted by Gasteiger charge is 2.21. The summed E-state index contributed by atoms with van der Waals surface area (Å²) >= 11 is 5.97. The highest BCUT2D eigenvalue weighted by Crippen LogP contribution is 2.19. The van der Waals surface area contributed by atoms with Crippen LogP contribution in [0.2, 0.25) is 5.02 Å². The third-order valence-electron chi connectivity index (χ3n) is 3.87. The molecule has 0 saturated carbocycles. The number of hydrogen-bond donors (Lipinski definition) is 1. The van der Waals surface area contributed by atoms with Gasteiger partial charge in [0.25, 0.3) is 0 Å². The van der Waals surface area contributed by atoms with Crippen LogP contribution in [0.3, 0.4) is 0 Å². The smallest absolute Gasteiger partial charge is 0.225 e. The standard InChI is InChI=1S/C16H19ClN4O/c17-14-4-1-3-13(11-14)15(22)12-20-7-9-21(10-8-20)16-18-5-2-6-19-16/h1-6,11,15,22H,7-10,12H2. The van der Waals surface area contributed by atoms with Crippen LogP contribution >= 0.6 is 11.6 Å². The Morgan fingerprint density at radius 3 is 2.50 bits per heavy atom. The largest absolute Gasteiger partial charge is 0.387 e. The van der Waals surface area contributed by atoms with Gasteiger partial charge in [0.15, 0.2) is 0 Å². The second kappa shape index (κ2) is 7.05. The van der Waals surface area contributed by atoms with Gasteiger partial charge in [-0.25, -0.2) is 9.97 Å². The maximum atomic E-state index is 10.3. The van der Waals surface area contributed by atoms with Gasteiger partial charge in [-0.3, -0.25) is 4.90 Å². The van der Waals surface area contributed by atoms with Crippen LogP contribution in [0, 0.1) is 0 Å². The van der Waals surface area contributed by atoms with E-state index >= 15 is 0 Å². The summed E-state index contributed by atoms with van der Waals surface area (Å²) in [6.45, 7) is 4.12. The maximum Gasteiger partial charge on any atom is 0.225 e. The summed E-state index contributed by atoms with van der Waals surface area (Å²) in [5.41, 5.74) is 0.862. The van der Waals surface area contributed by atoms with Crippen molar-refractivity contribution in [3.63, 3.8) is 0 Å². The van der Waals surface area contributed by atoms with E-state index in [1.165, 1.54) is 0 Å². The van der Waals surface area contributed by atoms with Crippen molar-refractivity contribution in [2.75, 3.05) is 37.6 Å². The number of aliphatic hydroxyl groups excluding tert-OH is 1. The van der Waals surface area contributed by atoms with Crippen LogP contribution < -0.4 is 4.90 Å². The molecule has 0 aliphatic carbocycles. The Labute approximate surface area is 135 Å². The van der Waals surface area contributed by atoms with Gasteiger partial charge >= 0.3 is 0 Å². The van der Waals surface area contributed by atoms with Gasteiger partial charge in [-0.15, -0.1) is 0 Å². The van der Waals surface area contributed by atoms with Crippen molar-refractivity contribution >= 4 is 17.5 Å². The molecule has 0 bridgehead atoms. The summed E-state index contributed by atoms with van der Waals surface area (Å²) in [7, 11) is 0. The Hall–Kier alpha value is -1.69. The molecule has 0 radical (unpaired) electrons. The predicted octanol–water partition coefficient (Wildman–Crippen LogP) is 1.99. The van der Waals surface area contributed by atoms with Gasteiger partial charge in [0.05, 0.1) is 6.10 Å². The molecule has 6 heteroatoms. The molecule has 0 amide bonds. The fourth-order valence-corrected chi connectivity index (χ4v) is 2.85. The van der Waals surface area contributed by atoms with Gasteiger partial charge in [0, 0.05) is 50.1 Å². The lowest BCUT2D eigenvalue weighted by atomic mass is 10.1. The minimum atomic E-state index is -0.516. The minimum absolute atomic E-state index is 0.516. The molecule has 1 aromatic heterocycles. The van der Waals surface area contributed by atoms with Crippen molar-refractivity contribution < 1.29 is 5.11 Å². The number of β-amino-alcohol motifs (C(OH)–C–C–N with tert-alkyl or cyclic N) is 1. The highest BCUT2D eigenvalue weighted by atomic mass is 35.5. The van der Waals surface area contributed by atoms with Crippen LogP contribution in [0.4, 0.5) is 5.95 Å². The zero-order chi connectivity index (χ0) is 15.4. The van der Waals surface area contributed by atoms with Gasteiger partial charge in [0.2, 0.25) is 5.95 Å². The number of aliphatic hydroxyl groups is 1. The molecule has 1 aromatic carbocycles. The molecule has 1 atom stereocenters. The van der Waals surface area contributed by atoms with Crippen LogP contribution in [-0.4, -0.2) is 52.7 Å². The summed E-state index contributed by atoms with van der Waals surface area (Å²) in [5, 5.41) is 11.0. The van der Waals surface area contributed by atoms with E-state index in [0.29, 0.717) is 11.6 Å². The SMILES string of the molecule is OC(CN1CCN(c2ncccn2)CC1)c1cccc(Cl)c1. The number of piperazine rings is 1. The van der Waals surface area contributed by atoms with Gasteiger partial charge < -0.3 is 10.0 Å². The molecule has 1 unspecified atom stereocenters. The molecule has 5 nitrogen and oxygen atoms in total. The van der Waals surface area contributed by atoms with Crippen molar-refractivity contribution in [2.45, 2.75) is 6.10 Å². The van der Waals surface area contributed by atoms with E-state index in [0.717, 1.165) is 37.7 Å². The van der Waals surface area contributed by atoms with E-state index in [1.54, 1.807) is 12.4 Å². The second-order valence-electron chi connectivity index (χ2n) is 5.41. The second-order valence-corrected chi connectivity index (χ2v) is 5.84. The van der Waals surface area contributed by atoms with Crippen LogP contribution in [0.25, 0.3) is 0 Å². The third-order valence-corrected chi connectivity index (χ3v) is 4.11. The van der Waals surface area contributed by atoms with Gasteiger partial charge in [0.1, 0.15) is 0 Å². The molecular formula is C16H19ClN4O. The molecule has 116 valence electrons. The van der Waals surface area contributed by atoms with Crippen molar-refractivity contribution in [3.8, 4) is 0 Å². The molecule has 3 rings (SSSR count). The predicted molar refractivity (Wildman–Crippen MR) is 87.1 cm³/mol. The van der Waals surface area contributed by atoms with Crippen LogP contribution in [-0.2, 0) is 0 Å². The molecule has 1 N–H and O–H groups in total. The minimum Gasteiger partial charge on any atom is -0.387 e. The molecule has 1 aliphatic rings. The molecule has 0 spiro atoms. The molecule has 1 saturated heterocycles. The number of aromatic nitrogens is 2. The van der Waals surface area contributed by atoms with Gasteiger partial charge in [-0.1, -0.05) is 23.7 Å². The first-order chi connectivity index (χ1) is 10.7. The lowest BCUT2D eigenvalue weighted by molar-refractivity contribution is 0.109. The molecular weight excluding hydrogens is 300 g/mol. The van der Waals surface area contributed by atoms with Crippen LogP contribution in [0.5, 0.6) is 0 Å². The number of nitrogens with zero attached hydrogens (tertiary/aromatic N) is 4. The Kier molecular flexibility index (Phi) is 4.87. The zero-order valence-electron chi connectivity index (χ0n) is 12.3. The van der Waals surface area contributed by atoms with Crippen molar-refractivity contribution in [1.29, 1.82) is 0 Å². The lowest BCUT2D eigenvalue weighted by Crippen LogP contribution is -2.48. The Bertz CT molecular complexity index is 602. The van der Waals surface area contributed by atoms with Crippen molar-refractivity contribution in [1.82, 2.24) is 14.9 Å². The average Bonchev–Trinajstić information content (AvgIpc) is 2.56. The topological polar surface area (TPSA) is 52.5 Å². The fraction of sp³-hybridized carbons (Fsp3) is 0.375. The summed E-state index contributed by atoms with van der Waals surface area (Å²) in [4.78, 5) is 13.0. The van der Waals surface area contributed by atoms with Crippen molar-refractivity contribution in [3.05, 3.63) is 53.3 Å². The molecule has 2 heterocycles. The monoisotopic (exact) mass is 318 g/mol. The normalized spacial score (nSPS) is 17.5. The van der Waals surface area contributed by atoms with Gasteiger partial charge in [-0.2, -0.15) is 0 Å². The van der Waals surface area contributed by atoms with Crippen molar-refractivity contribution in [2.24, 2.45) is 0 Å². The van der Waals surface area contributed by atoms with E-state index in [2.05, 4.69) is 19.8 Å². The number of halogens is 1. The number of anilines is 1. The summed E-state index contributed by atoms with van der Waals surface area (Å²) in [6, 6.07) is 9.23. The lowest BCUT2D eigenvalue weighted by Gasteiger charge is -2.35.